The van der Waals surface area contributed by atoms with Crippen LogP contribution in [0.3, 0.4) is 0 Å². The van der Waals surface area contributed by atoms with Crippen molar-refractivity contribution in [2.45, 2.75) is 127 Å². The van der Waals surface area contributed by atoms with E-state index in [1.165, 1.54) is 95.3 Å². The third-order valence-electron chi connectivity index (χ3n) is 19.4. The first kappa shape index (κ1) is 64.8. The third kappa shape index (κ3) is 10.4. The Morgan fingerprint density at radius 2 is 1.36 bits per heavy atom. The second kappa shape index (κ2) is 23.6. The number of ether oxygens (including phenoxy) is 8. The molecule has 4 aliphatic carbocycles. The van der Waals surface area contributed by atoms with Crippen LogP contribution in [0.15, 0.2) is 144 Å². The van der Waals surface area contributed by atoms with Crippen molar-refractivity contribution < 1.29 is 110 Å². The van der Waals surface area contributed by atoms with Crippen LogP contribution in [0.25, 0.3) is 0 Å². The fraction of sp³-hybridized carbons (Fsp3) is 0.343. The second-order valence-electron chi connectivity index (χ2n) is 25.2. The SMILES string of the molecule is CC(=O)O[C@H]1C(=O)[C@]2(C)[C@@H](OC(=O)[C@H](C)NC(=O)c3ccc4c(c3)C3(OC4=O)c4cc(F)c(O)cc4Oc4cc(O)c(F)cc43)C[C@H]3OC[C@@]3(OC(C)=O)[C@H]2[C@H](OC(=O)c2ccccc2)[C@]2(O)C[C@H](OC(=O)[C@H](O)[C@@H](NC(=O)c3ccccc3)C3=C=CC=C3)C(C)=C1C2(C)C. The molecule has 95 heavy (non-hydrogen) atoms. The van der Waals surface area contributed by atoms with E-state index in [1.54, 1.807) is 30.3 Å². The van der Waals surface area contributed by atoms with Crippen LogP contribution in [0.2, 0.25) is 0 Å². The normalized spacial score (nSPS) is 26.8. The Kier molecular flexibility index (Phi) is 16.1. The first-order valence-corrected chi connectivity index (χ1v) is 30.2. The highest BCUT2D eigenvalue weighted by Crippen LogP contribution is 2.65. The molecule has 2 bridgehead atoms. The van der Waals surface area contributed by atoms with Gasteiger partial charge in [0.15, 0.2) is 52.3 Å². The van der Waals surface area contributed by atoms with Gasteiger partial charge in [0.2, 0.25) is 0 Å². The summed E-state index contributed by atoms with van der Waals surface area (Å²) in [6, 6.07) is 19.1. The molecule has 2 amide bonds. The van der Waals surface area contributed by atoms with Gasteiger partial charge in [-0.3, -0.25) is 24.0 Å². The summed E-state index contributed by atoms with van der Waals surface area (Å²) in [5.41, 5.74) is -9.39. The lowest BCUT2D eigenvalue weighted by molar-refractivity contribution is -0.346. The summed E-state index contributed by atoms with van der Waals surface area (Å²) in [6.07, 6.45) is -7.86. The molecule has 5 aromatic carbocycles. The number of nitrogens with one attached hydrogen (secondary N) is 2. The Morgan fingerprint density at radius 3 is 1.94 bits per heavy atom. The van der Waals surface area contributed by atoms with Crippen LogP contribution in [0, 0.1) is 28.4 Å². The van der Waals surface area contributed by atoms with Crippen molar-refractivity contribution in [3.05, 3.63) is 194 Å². The number of hydrogen-bond donors (Lipinski definition) is 6. The highest BCUT2D eigenvalue weighted by molar-refractivity contribution is 6.02. The largest absolute Gasteiger partial charge is 0.505 e. The number of phenolic OH excluding ortho intramolecular Hbond substituents is 2. The molecule has 0 radical (unpaired) electrons. The van der Waals surface area contributed by atoms with Gasteiger partial charge in [-0.15, -0.1) is 5.73 Å². The zero-order valence-corrected chi connectivity index (χ0v) is 51.8. The molecule has 1 spiro atoms. The number of Topliss-reactive ketones (excluding diaryl/α,β-unsaturated/α-hetero) is 1. The van der Waals surface area contributed by atoms with E-state index in [1.807, 2.05) is 0 Å². The molecular weight excluding hydrogens is 1240 g/mol. The molecule has 3 fully saturated rings. The quantitative estimate of drug-likeness (QED) is 0.0293. The molecule has 492 valence electrons. The van der Waals surface area contributed by atoms with Crippen LogP contribution < -0.4 is 15.4 Å². The van der Waals surface area contributed by atoms with Gasteiger partial charge in [-0.05, 0) is 98.7 Å². The maximum Gasteiger partial charge on any atom is 0.340 e. The molecule has 12 rings (SSSR count). The number of aliphatic hydroxyl groups is 2. The molecule has 1 saturated heterocycles. The van der Waals surface area contributed by atoms with Crippen LogP contribution in [0.4, 0.5) is 8.78 Å². The Labute approximate surface area is 539 Å². The van der Waals surface area contributed by atoms with Crippen LogP contribution in [-0.4, -0.2) is 140 Å². The van der Waals surface area contributed by atoms with Crippen molar-refractivity contribution >= 4 is 53.4 Å². The molecule has 7 aliphatic rings. The predicted octanol–water partition coefficient (Wildman–Crippen LogP) is 6.64. The fourth-order valence-corrected chi connectivity index (χ4v) is 14.6. The summed E-state index contributed by atoms with van der Waals surface area (Å²) in [5.74, 6) is -16.0. The van der Waals surface area contributed by atoms with Gasteiger partial charge < -0.3 is 69.0 Å². The van der Waals surface area contributed by atoms with Crippen LogP contribution in [0.5, 0.6) is 23.0 Å². The lowest BCUT2D eigenvalue weighted by atomic mass is 9.44. The zero-order valence-electron chi connectivity index (χ0n) is 51.8. The van der Waals surface area contributed by atoms with Crippen LogP contribution in [-0.2, 0) is 62.7 Å². The van der Waals surface area contributed by atoms with Crippen molar-refractivity contribution in [2.75, 3.05) is 6.61 Å². The van der Waals surface area contributed by atoms with Crippen molar-refractivity contribution in [1.29, 1.82) is 0 Å². The minimum absolute atomic E-state index is 0.0107. The average Bonchev–Trinajstić information content (AvgIpc) is 0.951. The van der Waals surface area contributed by atoms with Gasteiger partial charge >= 0.3 is 35.8 Å². The van der Waals surface area contributed by atoms with E-state index in [4.69, 9.17) is 37.9 Å². The minimum Gasteiger partial charge on any atom is -0.505 e. The summed E-state index contributed by atoms with van der Waals surface area (Å²) in [5, 5.41) is 52.2. The van der Waals surface area contributed by atoms with Crippen molar-refractivity contribution in [2.24, 2.45) is 16.7 Å². The number of carbonyl (C=O) groups is 9. The van der Waals surface area contributed by atoms with E-state index in [9.17, 15) is 58.8 Å². The first-order chi connectivity index (χ1) is 45.0. The Balaban J connectivity index is 0.931. The van der Waals surface area contributed by atoms with Gasteiger partial charge in [-0.2, -0.15) is 0 Å². The number of halogens is 2. The number of rotatable bonds is 14. The Morgan fingerprint density at radius 1 is 0.737 bits per heavy atom. The Hall–Kier alpha value is -10.3. The number of fused-ring (bicyclic) bond motifs is 11. The molecule has 2 saturated carbocycles. The van der Waals surface area contributed by atoms with Gasteiger partial charge in [-0.1, -0.05) is 56.3 Å². The second-order valence-corrected chi connectivity index (χ2v) is 25.2. The van der Waals surface area contributed by atoms with E-state index in [0.29, 0.717) is 0 Å². The van der Waals surface area contributed by atoms with Gasteiger partial charge in [0.1, 0.15) is 47.6 Å². The molecular formula is C70H62F2N2O21. The van der Waals surface area contributed by atoms with Crippen molar-refractivity contribution in [3.63, 3.8) is 0 Å². The number of phenols is 2. The summed E-state index contributed by atoms with van der Waals surface area (Å²) in [4.78, 5) is 130. The number of ketones is 1. The summed E-state index contributed by atoms with van der Waals surface area (Å²) in [6.45, 7) is 8.42. The molecule has 25 heteroatoms. The summed E-state index contributed by atoms with van der Waals surface area (Å²) >= 11 is 0. The number of amides is 2. The van der Waals surface area contributed by atoms with Gasteiger partial charge in [0.25, 0.3) is 11.8 Å². The highest BCUT2D eigenvalue weighted by Gasteiger charge is 2.79. The number of hydrogen-bond acceptors (Lipinski definition) is 21. The first-order valence-electron chi connectivity index (χ1n) is 30.2. The Bertz CT molecular complexity index is 4230. The van der Waals surface area contributed by atoms with E-state index >= 15 is 13.6 Å². The molecule has 0 aromatic heterocycles. The molecule has 23 nitrogen and oxygen atoms in total. The van der Waals surface area contributed by atoms with Crippen molar-refractivity contribution in [3.8, 4) is 23.0 Å². The van der Waals surface area contributed by atoms with E-state index in [0.717, 1.165) is 44.2 Å². The summed E-state index contributed by atoms with van der Waals surface area (Å²) in [7, 11) is 0. The van der Waals surface area contributed by atoms with Gasteiger partial charge in [0, 0.05) is 66.5 Å². The number of benzene rings is 5. The molecule has 3 heterocycles. The molecule has 5 aromatic rings. The van der Waals surface area contributed by atoms with Gasteiger partial charge in [-0.25, -0.2) is 28.0 Å². The van der Waals surface area contributed by atoms with E-state index < -0.39 is 178 Å². The smallest absolute Gasteiger partial charge is 0.340 e. The molecule has 0 unspecified atom stereocenters. The number of carbonyl (C=O) groups excluding carboxylic acids is 9. The lowest BCUT2D eigenvalue weighted by Gasteiger charge is -2.67. The highest BCUT2D eigenvalue weighted by atomic mass is 19.1. The van der Waals surface area contributed by atoms with E-state index in [2.05, 4.69) is 16.4 Å². The number of allylic oxidation sites excluding steroid dienone is 1. The molecule has 12 atom stereocenters. The third-order valence-corrected chi connectivity index (χ3v) is 19.4. The zero-order chi connectivity index (χ0) is 68.2. The van der Waals surface area contributed by atoms with Gasteiger partial charge in [0.05, 0.1) is 46.2 Å². The molecule has 6 N–H and O–H groups in total. The fourth-order valence-electron chi connectivity index (χ4n) is 14.6. The maximum absolute atomic E-state index is 16.6. The minimum atomic E-state index is -2.65. The van der Waals surface area contributed by atoms with E-state index in [-0.39, 0.29) is 67.2 Å². The predicted molar refractivity (Wildman–Crippen MR) is 322 cm³/mol. The number of esters is 6. The van der Waals surface area contributed by atoms with Crippen LogP contribution >= 0.6 is 0 Å². The number of aromatic hydroxyl groups is 2. The van der Waals surface area contributed by atoms with Crippen molar-refractivity contribution in [1.82, 2.24) is 10.6 Å². The lowest BCUT2D eigenvalue weighted by Crippen LogP contribution is -2.82. The number of aliphatic hydroxyl groups excluding tert-OH is 1. The average molecular weight is 1310 g/mol. The standard InChI is InChI=1S/C70H62F2N2O21/c1-32-50(91-65(86)55(79)54(36-16-14-15-17-36)74-60(81)37-18-10-8-11-19-37)30-69(87)59(93-63(84)38-20-12-9-13-21-38)57-67(7,58(80)56(89-34(3)75)53(32)66(69,5)6)51(29-52-68(57,31-88-52)94-35(4)76)92-62(83)33(2)73-61(82)39-22-23-40-41(24-39)70(95-64(40)85)42-25-44(71)46(77)27-48(42)90-49-28-47(78)45(72)26-43(49)70/h8-16,18-28,33,50-52,54-57,59,77-79,87H,29-31H2,1-7H3,(H,73,82)(H,74,81)/t33-,50-,51-,52+,54-,55+,56+,57-,59-,67+,68-,69+/m0/s1. The summed E-state index contributed by atoms with van der Waals surface area (Å²) < 4.78 is 80.1. The molecule has 3 aliphatic heterocycles. The topological polar surface area (TPSA) is 332 Å². The maximum atomic E-state index is 16.6. The monoisotopic (exact) mass is 1300 g/mol. The van der Waals surface area contributed by atoms with Crippen LogP contribution in [0.1, 0.15) is 119 Å².